The van der Waals surface area contributed by atoms with Crippen LogP contribution in [0.4, 0.5) is 0 Å². The first kappa shape index (κ1) is 14.7. The second kappa shape index (κ2) is 6.67. The molecule has 112 valence electrons. The second-order valence-corrected chi connectivity index (χ2v) is 5.60. The zero-order chi connectivity index (χ0) is 15.4. The van der Waals surface area contributed by atoms with Crippen LogP contribution in [0, 0.1) is 0 Å². The zero-order valence-corrected chi connectivity index (χ0v) is 13.0. The van der Waals surface area contributed by atoms with Gasteiger partial charge in [0.05, 0.1) is 6.04 Å². The number of rotatable bonds is 5. The summed E-state index contributed by atoms with van der Waals surface area (Å²) >= 11 is 7.07. The Labute approximate surface area is 135 Å². The van der Waals surface area contributed by atoms with Crippen molar-refractivity contribution in [2.45, 2.75) is 6.04 Å². The average Bonchev–Trinajstić information content (AvgIpc) is 3.22. The van der Waals surface area contributed by atoms with Crippen molar-refractivity contribution in [1.29, 1.82) is 0 Å². The highest BCUT2D eigenvalue weighted by Gasteiger charge is 2.17. The van der Waals surface area contributed by atoms with Crippen LogP contribution in [-0.4, -0.2) is 31.8 Å². The third-order valence-electron chi connectivity index (χ3n) is 3.15. The quantitative estimate of drug-likeness (QED) is 0.778. The Balaban J connectivity index is 1.78. The van der Waals surface area contributed by atoms with Crippen LogP contribution in [0.25, 0.3) is 0 Å². The number of carbonyl (C=O) groups excluding carboxylic acids is 1. The molecule has 0 aliphatic heterocycles. The van der Waals surface area contributed by atoms with E-state index in [1.807, 2.05) is 36.5 Å². The normalized spacial score (nSPS) is 12.0. The highest BCUT2D eigenvalue weighted by Crippen LogP contribution is 2.19. The number of aromatic nitrogens is 4. The fourth-order valence-corrected chi connectivity index (χ4v) is 2.62. The first-order chi connectivity index (χ1) is 10.7. The SMILES string of the molecule is O=C(NC[C@@H](c1ccc(Cl)cc1)n1cccn1)c1csnn1. The number of hydrogen-bond donors (Lipinski definition) is 1. The number of nitrogens with zero attached hydrogens (tertiary/aromatic N) is 4. The summed E-state index contributed by atoms with van der Waals surface area (Å²) in [4.78, 5) is 12.0. The summed E-state index contributed by atoms with van der Waals surface area (Å²) in [6.07, 6.45) is 3.56. The van der Waals surface area contributed by atoms with Crippen LogP contribution in [0.15, 0.2) is 48.1 Å². The van der Waals surface area contributed by atoms with Crippen molar-refractivity contribution in [1.82, 2.24) is 24.7 Å². The summed E-state index contributed by atoms with van der Waals surface area (Å²) in [5, 5.41) is 13.2. The smallest absolute Gasteiger partial charge is 0.272 e. The molecule has 3 aromatic rings. The molecule has 0 fully saturated rings. The molecule has 1 aromatic carbocycles. The van der Waals surface area contributed by atoms with Crippen LogP contribution in [0.1, 0.15) is 22.1 Å². The fraction of sp³-hybridized carbons (Fsp3) is 0.143. The molecule has 0 saturated carbocycles. The van der Waals surface area contributed by atoms with Gasteiger partial charge in [-0.25, -0.2) is 0 Å². The van der Waals surface area contributed by atoms with Crippen LogP contribution >= 0.6 is 23.1 Å². The molecule has 1 atom stereocenters. The maximum atomic E-state index is 12.0. The molecule has 6 nitrogen and oxygen atoms in total. The summed E-state index contributed by atoms with van der Waals surface area (Å²) in [7, 11) is 0. The lowest BCUT2D eigenvalue weighted by molar-refractivity contribution is 0.0944. The van der Waals surface area contributed by atoms with Crippen LogP contribution in [0.2, 0.25) is 5.02 Å². The van der Waals surface area contributed by atoms with E-state index in [1.165, 1.54) is 0 Å². The molecule has 3 rings (SSSR count). The van der Waals surface area contributed by atoms with Gasteiger partial charge >= 0.3 is 0 Å². The van der Waals surface area contributed by atoms with E-state index in [0.29, 0.717) is 17.3 Å². The van der Waals surface area contributed by atoms with Gasteiger partial charge in [-0.05, 0) is 35.3 Å². The second-order valence-electron chi connectivity index (χ2n) is 4.55. The minimum atomic E-state index is -0.250. The van der Waals surface area contributed by atoms with E-state index in [-0.39, 0.29) is 11.9 Å². The molecule has 0 unspecified atom stereocenters. The molecule has 0 aliphatic rings. The molecule has 8 heteroatoms. The third-order valence-corrected chi connectivity index (χ3v) is 3.90. The lowest BCUT2D eigenvalue weighted by atomic mass is 10.1. The summed E-state index contributed by atoms with van der Waals surface area (Å²) in [6, 6.07) is 9.20. The Bertz CT molecular complexity index is 727. The van der Waals surface area contributed by atoms with Gasteiger partial charge in [-0.1, -0.05) is 28.2 Å². The summed E-state index contributed by atoms with van der Waals surface area (Å²) in [6.45, 7) is 0.389. The van der Waals surface area contributed by atoms with Gasteiger partial charge in [-0.2, -0.15) is 5.10 Å². The lowest BCUT2D eigenvalue weighted by Crippen LogP contribution is -2.31. The molecule has 1 amide bonds. The Kier molecular flexibility index (Phi) is 4.45. The van der Waals surface area contributed by atoms with E-state index in [1.54, 1.807) is 16.3 Å². The zero-order valence-electron chi connectivity index (χ0n) is 11.4. The first-order valence-electron chi connectivity index (χ1n) is 6.54. The maximum absolute atomic E-state index is 12.0. The topological polar surface area (TPSA) is 72.7 Å². The van der Waals surface area contributed by atoms with E-state index in [4.69, 9.17) is 11.6 Å². The van der Waals surface area contributed by atoms with Crippen molar-refractivity contribution in [3.05, 3.63) is 64.4 Å². The molecule has 2 aromatic heterocycles. The van der Waals surface area contributed by atoms with Gasteiger partial charge in [0.2, 0.25) is 0 Å². The van der Waals surface area contributed by atoms with E-state index < -0.39 is 0 Å². The molecule has 0 radical (unpaired) electrons. The predicted molar refractivity (Wildman–Crippen MR) is 84.1 cm³/mol. The van der Waals surface area contributed by atoms with E-state index >= 15 is 0 Å². The highest BCUT2D eigenvalue weighted by atomic mass is 35.5. The largest absolute Gasteiger partial charge is 0.348 e. The molecule has 22 heavy (non-hydrogen) atoms. The summed E-state index contributed by atoms with van der Waals surface area (Å²) in [5.74, 6) is -0.250. The fourth-order valence-electron chi connectivity index (χ4n) is 2.06. The number of carbonyl (C=O) groups is 1. The molecule has 2 heterocycles. The third kappa shape index (κ3) is 3.32. The van der Waals surface area contributed by atoms with E-state index in [9.17, 15) is 4.79 Å². The Morgan fingerprint density at radius 1 is 1.36 bits per heavy atom. The first-order valence-corrected chi connectivity index (χ1v) is 7.75. The Morgan fingerprint density at radius 2 is 2.18 bits per heavy atom. The van der Waals surface area contributed by atoms with E-state index in [2.05, 4.69) is 20.0 Å². The van der Waals surface area contributed by atoms with E-state index in [0.717, 1.165) is 17.1 Å². The van der Waals surface area contributed by atoms with Gasteiger partial charge in [0.25, 0.3) is 5.91 Å². The molecule has 0 bridgehead atoms. The van der Waals surface area contributed by atoms with Gasteiger partial charge < -0.3 is 5.32 Å². The van der Waals surface area contributed by atoms with Crippen LogP contribution in [0.3, 0.4) is 0 Å². The number of amides is 1. The summed E-state index contributed by atoms with van der Waals surface area (Å²) < 4.78 is 5.48. The number of nitrogens with one attached hydrogen (secondary N) is 1. The molecular weight excluding hydrogens is 322 g/mol. The van der Waals surface area contributed by atoms with Gasteiger partial charge in [0.1, 0.15) is 0 Å². The lowest BCUT2D eigenvalue weighted by Gasteiger charge is -2.18. The molecule has 0 spiro atoms. The molecule has 0 aliphatic carbocycles. The van der Waals surface area contributed by atoms with Crippen molar-refractivity contribution in [3.8, 4) is 0 Å². The molecule has 1 N–H and O–H groups in total. The Morgan fingerprint density at radius 3 is 2.82 bits per heavy atom. The van der Waals surface area contributed by atoms with Crippen molar-refractivity contribution >= 4 is 29.0 Å². The standard InChI is InChI=1S/C14H12ClN5OS/c15-11-4-2-10(3-5-11)13(20-7-1-6-17-20)8-16-14(21)12-9-22-19-18-12/h1-7,9,13H,8H2,(H,16,21)/t13-/m0/s1. The number of benzene rings is 1. The number of hydrogen-bond acceptors (Lipinski definition) is 5. The Hall–Kier alpha value is -2.25. The van der Waals surface area contributed by atoms with Gasteiger partial charge in [-0.15, -0.1) is 5.10 Å². The monoisotopic (exact) mass is 333 g/mol. The molecular formula is C14H12ClN5OS. The highest BCUT2D eigenvalue weighted by molar-refractivity contribution is 7.03. The van der Waals surface area contributed by atoms with Crippen LogP contribution < -0.4 is 5.32 Å². The minimum absolute atomic E-state index is 0.122. The van der Waals surface area contributed by atoms with Crippen LogP contribution in [-0.2, 0) is 0 Å². The van der Waals surface area contributed by atoms with Crippen LogP contribution in [0.5, 0.6) is 0 Å². The predicted octanol–water partition coefficient (Wildman–Crippen LogP) is 2.41. The minimum Gasteiger partial charge on any atom is -0.348 e. The van der Waals surface area contributed by atoms with Crippen molar-refractivity contribution in [2.75, 3.05) is 6.54 Å². The van der Waals surface area contributed by atoms with Gasteiger partial charge in [0, 0.05) is 29.3 Å². The number of halogens is 1. The average molecular weight is 334 g/mol. The molecule has 0 saturated heterocycles. The van der Waals surface area contributed by atoms with Gasteiger partial charge in [0.15, 0.2) is 5.69 Å². The van der Waals surface area contributed by atoms with Crippen molar-refractivity contribution < 1.29 is 4.79 Å². The van der Waals surface area contributed by atoms with Crippen molar-refractivity contribution in [3.63, 3.8) is 0 Å². The van der Waals surface area contributed by atoms with Gasteiger partial charge in [-0.3, -0.25) is 9.48 Å². The summed E-state index contributed by atoms with van der Waals surface area (Å²) in [5.41, 5.74) is 1.32. The maximum Gasteiger partial charge on any atom is 0.272 e. The van der Waals surface area contributed by atoms with Crippen molar-refractivity contribution in [2.24, 2.45) is 0 Å².